The van der Waals surface area contributed by atoms with Crippen molar-refractivity contribution in [3.05, 3.63) is 56.9 Å². The highest BCUT2D eigenvalue weighted by Gasteiger charge is 2.51. The Morgan fingerprint density at radius 2 is 1.93 bits per heavy atom. The zero-order chi connectivity index (χ0) is 23.7. The Kier molecular flexibility index (Phi) is 3.39. The molecular formula is C22H19BrClNO4. The highest BCUT2D eigenvalue weighted by Crippen LogP contribution is 2.57. The maximum absolute atomic E-state index is 12.5. The van der Waals surface area contributed by atoms with E-state index in [1.807, 2.05) is 18.2 Å². The molecule has 1 saturated carbocycles. The van der Waals surface area contributed by atoms with Gasteiger partial charge in [-0.2, -0.15) is 0 Å². The van der Waals surface area contributed by atoms with Gasteiger partial charge in [-0.15, -0.1) is 0 Å². The normalized spacial score (nSPS) is 28.8. The van der Waals surface area contributed by atoms with Crippen LogP contribution in [0.1, 0.15) is 42.3 Å². The summed E-state index contributed by atoms with van der Waals surface area (Å²) in [6, 6.07) is 2.28. The van der Waals surface area contributed by atoms with Crippen LogP contribution in [0.4, 0.5) is 5.69 Å². The Hall–Kier alpha value is -2.18. The molecule has 1 aliphatic heterocycles. The van der Waals surface area contributed by atoms with Crippen LogP contribution in [-0.2, 0) is 10.2 Å². The van der Waals surface area contributed by atoms with Crippen LogP contribution in [0.2, 0.25) is 5.02 Å². The predicted molar refractivity (Wildman–Crippen MR) is 115 cm³/mol. The van der Waals surface area contributed by atoms with Gasteiger partial charge in [0.05, 0.1) is 5.48 Å². The quantitative estimate of drug-likeness (QED) is 0.601. The number of carboxylic acid groups (broad SMARTS) is 1. The number of fused-ring (bicyclic) bond motifs is 3. The Bertz CT molecular complexity index is 1210. The highest BCUT2D eigenvalue weighted by molar-refractivity contribution is 9.11. The first-order chi connectivity index (χ1) is 15.6. The van der Waals surface area contributed by atoms with E-state index >= 15 is 0 Å². The summed E-state index contributed by atoms with van der Waals surface area (Å²) in [5, 5.41) is 12.8. The molecule has 1 fully saturated rings. The van der Waals surface area contributed by atoms with Crippen LogP contribution in [0.5, 0.6) is 11.5 Å². The Balaban J connectivity index is 1.50. The lowest BCUT2D eigenvalue weighted by Crippen LogP contribution is -2.52. The van der Waals surface area contributed by atoms with E-state index in [1.165, 1.54) is 0 Å². The summed E-state index contributed by atoms with van der Waals surface area (Å²) in [5.41, 5.74) is 0.0655. The number of anilines is 1. The van der Waals surface area contributed by atoms with Crippen LogP contribution in [0, 0.1) is 0 Å². The number of halogens is 2. The molecule has 5 nitrogen and oxygen atoms in total. The number of hydrogen-bond acceptors (Lipinski definition) is 4. The summed E-state index contributed by atoms with van der Waals surface area (Å²) in [4.78, 5) is 12.5. The number of benzene rings is 2. The number of aliphatic carboxylic acids is 1. The fourth-order valence-electron chi connectivity index (χ4n) is 4.52. The first-order valence-electron chi connectivity index (χ1n) is 11.2. The van der Waals surface area contributed by atoms with Crippen molar-refractivity contribution in [3.63, 3.8) is 0 Å². The van der Waals surface area contributed by atoms with E-state index in [0.29, 0.717) is 24.3 Å². The molecule has 2 aromatic carbocycles. The average Bonchev–Trinajstić information content (AvgIpc) is 3.36. The predicted octanol–water partition coefficient (Wildman–Crippen LogP) is 5.57. The second kappa shape index (κ2) is 6.67. The second-order valence-corrected chi connectivity index (χ2v) is 8.80. The summed E-state index contributed by atoms with van der Waals surface area (Å²) >= 11 is 9.73. The van der Waals surface area contributed by atoms with Crippen molar-refractivity contribution in [2.45, 2.75) is 36.6 Å². The van der Waals surface area contributed by atoms with E-state index in [0.717, 1.165) is 15.6 Å². The second-order valence-electron chi connectivity index (χ2n) is 7.57. The molecule has 1 heterocycles. The molecule has 0 atom stereocenters. The molecule has 0 radical (unpaired) electrons. The average molecular weight is 481 g/mol. The third-order valence-corrected chi connectivity index (χ3v) is 7.30. The molecule has 29 heavy (non-hydrogen) atoms. The lowest BCUT2D eigenvalue weighted by Gasteiger charge is -2.44. The minimum Gasteiger partial charge on any atom is -0.480 e. The monoisotopic (exact) mass is 479 g/mol. The molecule has 0 aromatic heterocycles. The molecule has 3 aliphatic rings. The van der Waals surface area contributed by atoms with Crippen LogP contribution < -0.4 is 14.8 Å². The molecule has 1 spiro atoms. The molecule has 0 bridgehead atoms. The van der Waals surface area contributed by atoms with Gasteiger partial charge in [-0.05, 0) is 73.1 Å². The maximum atomic E-state index is 12.5. The zero-order valence-electron chi connectivity index (χ0n) is 19.2. The standard InChI is InChI=1S/C22H19BrClNO4/c23-19-9-13-8-17-18(29-12-28-17)11-16(13)21(19)4-6-22(7-5-21,20(26)27)25-15-3-1-2-14(24)10-15/h1-3,8-11,25H,4-7,12H2,(H,26,27)/i1D,2D,3D,10D. The van der Waals surface area contributed by atoms with Gasteiger partial charge in [0.25, 0.3) is 0 Å². The zero-order valence-corrected chi connectivity index (χ0v) is 17.5. The van der Waals surface area contributed by atoms with Gasteiger partial charge in [0.15, 0.2) is 11.5 Å². The van der Waals surface area contributed by atoms with Gasteiger partial charge in [0.2, 0.25) is 6.79 Å². The third kappa shape index (κ3) is 2.92. The number of allylic oxidation sites excluding steroid dienone is 1. The molecular weight excluding hydrogens is 458 g/mol. The number of nitrogens with one attached hydrogen (secondary N) is 1. The van der Waals surface area contributed by atoms with Gasteiger partial charge in [0, 0.05) is 20.6 Å². The Labute approximate surface area is 187 Å². The SMILES string of the molecule is [2H]c1c([2H])c(Cl)c([2H])c(NC2(C(=O)O)CCC3(CC2)C(Br)=Cc2cc4c(cc23)OCO4)c1[2H]. The van der Waals surface area contributed by atoms with E-state index in [4.69, 9.17) is 26.6 Å². The van der Waals surface area contributed by atoms with Gasteiger partial charge in [-0.3, -0.25) is 0 Å². The van der Waals surface area contributed by atoms with Crippen LogP contribution in [0.25, 0.3) is 6.08 Å². The van der Waals surface area contributed by atoms with Crippen LogP contribution in [0.3, 0.4) is 0 Å². The van der Waals surface area contributed by atoms with E-state index < -0.39 is 35.1 Å². The van der Waals surface area contributed by atoms with Crippen molar-refractivity contribution in [2.24, 2.45) is 0 Å². The minimum atomic E-state index is -1.44. The molecule has 0 unspecified atom stereocenters. The van der Waals surface area contributed by atoms with Gasteiger partial charge in [-0.25, -0.2) is 4.79 Å². The van der Waals surface area contributed by atoms with E-state index in [1.54, 1.807) is 0 Å². The smallest absolute Gasteiger partial charge is 0.329 e. The number of ether oxygens (including phenoxy) is 2. The summed E-state index contributed by atoms with van der Waals surface area (Å²) in [6.45, 7) is 0.171. The van der Waals surface area contributed by atoms with Crippen molar-refractivity contribution in [2.75, 3.05) is 12.1 Å². The van der Waals surface area contributed by atoms with Crippen molar-refractivity contribution < 1.29 is 24.9 Å². The topological polar surface area (TPSA) is 67.8 Å². The molecule has 5 rings (SSSR count). The van der Waals surface area contributed by atoms with Crippen molar-refractivity contribution in [1.82, 2.24) is 0 Å². The van der Waals surface area contributed by atoms with Gasteiger partial charge < -0.3 is 19.9 Å². The summed E-state index contributed by atoms with van der Waals surface area (Å²) in [6.07, 6.45) is 3.45. The van der Waals surface area contributed by atoms with Gasteiger partial charge >= 0.3 is 5.97 Å². The fraction of sp³-hybridized carbons (Fsp3) is 0.318. The molecule has 2 aromatic rings. The summed E-state index contributed by atoms with van der Waals surface area (Å²) < 4.78 is 44.2. The number of hydrogen-bond donors (Lipinski definition) is 2. The first-order valence-corrected chi connectivity index (χ1v) is 10.4. The number of carboxylic acids is 1. The van der Waals surface area contributed by atoms with Crippen LogP contribution >= 0.6 is 27.5 Å². The largest absolute Gasteiger partial charge is 0.480 e. The number of rotatable bonds is 3. The van der Waals surface area contributed by atoms with Crippen LogP contribution in [-0.4, -0.2) is 23.4 Å². The molecule has 0 amide bonds. The van der Waals surface area contributed by atoms with Crippen molar-refractivity contribution in [3.8, 4) is 11.5 Å². The minimum absolute atomic E-state index is 0.135. The number of carbonyl (C=O) groups is 1. The first kappa shape index (κ1) is 14.7. The third-order valence-electron chi connectivity index (χ3n) is 6.12. The lowest BCUT2D eigenvalue weighted by molar-refractivity contribution is -0.143. The van der Waals surface area contributed by atoms with E-state index in [2.05, 4.69) is 21.2 Å². The van der Waals surface area contributed by atoms with Gasteiger partial charge in [-0.1, -0.05) is 33.6 Å². The van der Waals surface area contributed by atoms with Gasteiger partial charge in [0.1, 0.15) is 5.54 Å². The molecule has 2 N–H and O–H groups in total. The Morgan fingerprint density at radius 3 is 2.66 bits per heavy atom. The highest BCUT2D eigenvalue weighted by atomic mass is 79.9. The van der Waals surface area contributed by atoms with Crippen LogP contribution in [0.15, 0.2) is 40.8 Å². The lowest BCUT2D eigenvalue weighted by atomic mass is 9.65. The van der Waals surface area contributed by atoms with E-state index in [9.17, 15) is 9.90 Å². The van der Waals surface area contributed by atoms with E-state index in [-0.39, 0.29) is 36.4 Å². The molecule has 7 heteroatoms. The van der Waals surface area contributed by atoms with Crippen molar-refractivity contribution in [1.29, 1.82) is 0 Å². The van der Waals surface area contributed by atoms with Crippen molar-refractivity contribution >= 4 is 45.3 Å². The molecule has 0 saturated heterocycles. The molecule has 150 valence electrons. The Morgan fingerprint density at radius 1 is 1.21 bits per heavy atom. The molecule has 2 aliphatic carbocycles. The summed E-state index contributed by atoms with van der Waals surface area (Å²) in [7, 11) is 0. The fourth-order valence-corrected chi connectivity index (χ4v) is 5.52. The summed E-state index contributed by atoms with van der Waals surface area (Å²) in [5.74, 6) is 0.257. The maximum Gasteiger partial charge on any atom is 0.329 e.